The van der Waals surface area contributed by atoms with Crippen molar-refractivity contribution in [2.75, 3.05) is 13.2 Å². The quantitative estimate of drug-likeness (QED) is 0.822. The second-order valence-electron chi connectivity index (χ2n) is 4.40. The highest BCUT2D eigenvalue weighted by atomic mass is 16.5. The minimum absolute atomic E-state index is 0.0542. The first kappa shape index (κ1) is 12.8. The van der Waals surface area contributed by atoms with E-state index in [0.29, 0.717) is 24.6 Å². The topological polar surface area (TPSA) is 92.3 Å². The SMILES string of the molecule is O=C(O)CCc1cnc(C2CCOCC2)[nH]c1=O. The lowest BCUT2D eigenvalue weighted by Crippen LogP contribution is -2.22. The largest absolute Gasteiger partial charge is 0.481 e. The summed E-state index contributed by atoms with van der Waals surface area (Å²) < 4.78 is 5.26. The maximum absolute atomic E-state index is 11.8. The number of rotatable bonds is 4. The minimum atomic E-state index is -0.914. The van der Waals surface area contributed by atoms with Gasteiger partial charge in [0, 0.05) is 37.3 Å². The number of nitrogens with one attached hydrogen (secondary N) is 1. The maximum Gasteiger partial charge on any atom is 0.303 e. The van der Waals surface area contributed by atoms with Gasteiger partial charge in [-0.3, -0.25) is 9.59 Å². The average molecular weight is 252 g/mol. The average Bonchev–Trinajstić information content (AvgIpc) is 2.38. The first-order valence-corrected chi connectivity index (χ1v) is 6.04. The number of ether oxygens (including phenoxy) is 1. The second kappa shape index (κ2) is 5.77. The molecule has 0 aromatic carbocycles. The molecule has 6 heteroatoms. The number of hydrogen-bond donors (Lipinski definition) is 2. The van der Waals surface area contributed by atoms with Crippen molar-refractivity contribution in [3.05, 3.63) is 27.9 Å². The second-order valence-corrected chi connectivity index (χ2v) is 4.40. The summed E-state index contributed by atoms with van der Waals surface area (Å²) >= 11 is 0. The number of aromatic amines is 1. The molecule has 1 aromatic rings. The third kappa shape index (κ3) is 3.16. The van der Waals surface area contributed by atoms with Gasteiger partial charge in [-0.1, -0.05) is 0 Å². The molecule has 0 atom stereocenters. The Labute approximate surface area is 104 Å². The van der Waals surface area contributed by atoms with Crippen molar-refractivity contribution in [3.8, 4) is 0 Å². The third-order valence-corrected chi connectivity index (χ3v) is 3.11. The molecule has 98 valence electrons. The van der Waals surface area contributed by atoms with Crippen molar-refractivity contribution in [1.29, 1.82) is 0 Å². The van der Waals surface area contributed by atoms with E-state index in [4.69, 9.17) is 9.84 Å². The number of nitrogens with zero attached hydrogens (tertiary/aromatic N) is 1. The summed E-state index contributed by atoms with van der Waals surface area (Å²) in [5, 5.41) is 8.58. The first-order chi connectivity index (χ1) is 8.66. The van der Waals surface area contributed by atoms with E-state index in [1.54, 1.807) is 0 Å². The maximum atomic E-state index is 11.8. The molecule has 6 nitrogen and oxygen atoms in total. The lowest BCUT2D eigenvalue weighted by Gasteiger charge is -2.20. The number of H-pyrrole nitrogens is 1. The van der Waals surface area contributed by atoms with E-state index < -0.39 is 5.97 Å². The van der Waals surface area contributed by atoms with Crippen LogP contribution in [0.5, 0.6) is 0 Å². The van der Waals surface area contributed by atoms with Crippen molar-refractivity contribution in [2.24, 2.45) is 0 Å². The normalized spacial score (nSPS) is 16.7. The fraction of sp³-hybridized carbons (Fsp3) is 0.583. The first-order valence-electron chi connectivity index (χ1n) is 6.04. The fourth-order valence-corrected chi connectivity index (χ4v) is 2.03. The number of hydrogen-bond acceptors (Lipinski definition) is 4. The Morgan fingerprint density at radius 1 is 1.50 bits per heavy atom. The summed E-state index contributed by atoms with van der Waals surface area (Å²) in [6.45, 7) is 1.38. The predicted octanol–water partition coefficient (Wildman–Crippen LogP) is 0.681. The molecule has 0 amide bonds. The summed E-state index contributed by atoms with van der Waals surface area (Å²) in [7, 11) is 0. The summed E-state index contributed by atoms with van der Waals surface area (Å²) in [6.07, 6.45) is 3.37. The van der Waals surface area contributed by atoms with E-state index in [2.05, 4.69) is 9.97 Å². The van der Waals surface area contributed by atoms with E-state index in [1.165, 1.54) is 6.20 Å². The lowest BCUT2D eigenvalue weighted by atomic mass is 9.99. The Kier molecular flexibility index (Phi) is 4.09. The van der Waals surface area contributed by atoms with Gasteiger partial charge < -0.3 is 14.8 Å². The molecule has 0 spiro atoms. The van der Waals surface area contributed by atoms with Crippen molar-refractivity contribution in [1.82, 2.24) is 9.97 Å². The van der Waals surface area contributed by atoms with Gasteiger partial charge in [0.05, 0.1) is 0 Å². The molecule has 1 aliphatic rings. The standard InChI is InChI=1S/C12H16N2O4/c15-10(16)2-1-9-7-13-11(14-12(9)17)8-3-5-18-6-4-8/h7-8H,1-6H2,(H,15,16)(H,13,14,17). The van der Waals surface area contributed by atoms with E-state index in [-0.39, 0.29) is 24.3 Å². The molecular weight excluding hydrogens is 236 g/mol. The van der Waals surface area contributed by atoms with Crippen molar-refractivity contribution < 1.29 is 14.6 Å². The molecule has 2 rings (SSSR count). The highest BCUT2D eigenvalue weighted by Crippen LogP contribution is 2.22. The van der Waals surface area contributed by atoms with Crippen molar-refractivity contribution in [3.63, 3.8) is 0 Å². The van der Waals surface area contributed by atoms with E-state index in [0.717, 1.165) is 12.8 Å². The molecule has 0 radical (unpaired) electrons. The Balaban J connectivity index is 2.09. The molecule has 0 bridgehead atoms. The number of aromatic nitrogens is 2. The van der Waals surface area contributed by atoms with Gasteiger partial charge in [0.15, 0.2) is 0 Å². The molecule has 18 heavy (non-hydrogen) atoms. The molecule has 0 unspecified atom stereocenters. The molecule has 2 heterocycles. The van der Waals surface area contributed by atoms with Crippen LogP contribution in [0.4, 0.5) is 0 Å². The zero-order valence-corrected chi connectivity index (χ0v) is 10.0. The summed E-state index contributed by atoms with van der Waals surface area (Å²) in [5.41, 5.74) is 0.195. The van der Waals surface area contributed by atoms with E-state index in [1.807, 2.05) is 0 Å². The molecule has 2 N–H and O–H groups in total. The van der Waals surface area contributed by atoms with Gasteiger partial charge in [-0.2, -0.15) is 0 Å². The van der Waals surface area contributed by atoms with Crippen LogP contribution >= 0.6 is 0 Å². The summed E-state index contributed by atoms with van der Waals surface area (Å²) in [4.78, 5) is 29.2. The number of aliphatic carboxylic acids is 1. The Bertz CT molecular complexity index is 477. The van der Waals surface area contributed by atoms with Crippen LogP contribution in [0.3, 0.4) is 0 Å². The summed E-state index contributed by atoms with van der Waals surface area (Å²) in [5.74, 6) is 0.00487. The highest BCUT2D eigenvalue weighted by Gasteiger charge is 2.18. The zero-order chi connectivity index (χ0) is 13.0. The molecular formula is C12H16N2O4. The molecule has 1 saturated heterocycles. The van der Waals surface area contributed by atoms with Gasteiger partial charge in [-0.15, -0.1) is 0 Å². The number of carbonyl (C=O) groups is 1. The van der Waals surface area contributed by atoms with Crippen molar-refractivity contribution in [2.45, 2.75) is 31.6 Å². The van der Waals surface area contributed by atoms with Gasteiger partial charge >= 0.3 is 5.97 Å². The highest BCUT2D eigenvalue weighted by molar-refractivity contribution is 5.67. The van der Waals surface area contributed by atoms with Gasteiger partial charge in [-0.05, 0) is 19.3 Å². The zero-order valence-electron chi connectivity index (χ0n) is 10.0. The van der Waals surface area contributed by atoms with Gasteiger partial charge in [0.2, 0.25) is 0 Å². The number of aryl methyl sites for hydroxylation is 1. The van der Waals surface area contributed by atoms with Gasteiger partial charge in [-0.25, -0.2) is 4.98 Å². The van der Waals surface area contributed by atoms with Crippen LogP contribution in [0, 0.1) is 0 Å². The van der Waals surface area contributed by atoms with Gasteiger partial charge in [0.1, 0.15) is 5.82 Å². The Morgan fingerprint density at radius 2 is 2.22 bits per heavy atom. The van der Waals surface area contributed by atoms with E-state index in [9.17, 15) is 9.59 Å². The monoisotopic (exact) mass is 252 g/mol. The predicted molar refractivity (Wildman–Crippen MR) is 63.6 cm³/mol. The van der Waals surface area contributed by atoms with Crippen LogP contribution in [0.1, 0.15) is 36.6 Å². The molecule has 1 aliphatic heterocycles. The number of carboxylic acids is 1. The third-order valence-electron chi connectivity index (χ3n) is 3.11. The summed E-state index contributed by atoms with van der Waals surface area (Å²) in [6, 6.07) is 0. The van der Waals surface area contributed by atoms with Crippen LogP contribution in [0.2, 0.25) is 0 Å². The van der Waals surface area contributed by atoms with E-state index >= 15 is 0 Å². The van der Waals surface area contributed by atoms with Gasteiger partial charge in [0.25, 0.3) is 5.56 Å². The number of carboxylic acid groups (broad SMARTS) is 1. The Hall–Kier alpha value is -1.69. The molecule has 1 fully saturated rings. The fourth-order valence-electron chi connectivity index (χ4n) is 2.03. The van der Waals surface area contributed by atoms with Crippen LogP contribution in [-0.2, 0) is 16.0 Å². The smallest absolute Gasteiger partial charge is 0.303 e. The lowest BCUT2D eigenvalue weighted by molar-refractivity contribution is -0.136. The molecule has 1 aromatic heterocycles. The van der Waals surface area contributed by atoms with Crippen LogP contribution in [-0.4, -0.2) is 34.3 Å². The molecule has 0 aliphatic carbocycles. The van der Waals surface area contributed by atoms with Crippen molar-refractivity contribution >= 4 is 5.97 Å². The van der Waals surface area contributed by atoms with Crippen LogP contribution in [0.15, 0.2) is 11.0 Å². The van der Waals surface area contributed by atoms with Crippen LogP contribution in [0.25, 0.3) is 0 Å². The Morgan fingerprint density at radius 3 is 2.83 bits per heavy atom. The van der Waals surface area contributed by atoms with Crippen LogP contribution < -0.4 is 5.56 Å². The molecule has 0 saturated carbocycles. The minimum Gasteiger partial charge on any atom is -0.481 e.